The molecule has 1 heterocycles. The minimum Gasteiger partial charge on any atom is -0.494 e. The van der Waals surface area contributed by atoms with Crippen LogP contribution in [0, 0.1) is 0 Å². The molecule has 0 atom stereocenters. The number of aliphatic imine (C=N–C) groups is 1. The Kier molecular flexibility index (Phi) is 8.15. The molecule has 0 aliphatic heterocycles. The zero-order chi connectivity index (χ0) is 21.2. The van der Waals surface area contributed by atoms with Gasteiger partial charge in [0, 0.05) is 43.8 Å². The number of aromatic nitrogens is 1. The highest BCUT2D eigenvalue weighted by Crippen LogP contribution is 2.17. The Hall–Kier alpha value is -2.99. The topological polar surface area (TPSA) is 64.7 Å². The first-order chi connectivity index (χ1) is 14.7. The summed E-state index contributed by atoms with van der Waals surface area (Å²) in [6.45, 7) is 3.31. The van der Waals surface area contributed by atoms with Crippen LogP contribution in [0.5, 0.6) is 5.75 Å². The lowest BCUT2D eigenvalue weighted by atomic mass is 10.1. The molecule has 30 heavy (non-hydrogen) atoms. The van der Waals surface area contributed by atoms with E-state index < -0.39 is 0 Å². The van der Waals surface area contributed by atoms with E-state index in [1.165, 1.54) is 22.0 Å². The number of fused-ring (bicyclic) bond motifs is 1. The summed E-state index contributed by atoms with van der Waals surface area (Å²) in [5, 5.41) is 8.05. The van der Waals surface area contributed by atoms with Crippen molar-refractivity contribution < 1.29 is 4.74 Å². The summed E-state index contributed by atoms with van der Waals surface area (Å²) in [5.41, 5.74) is 3.69. The van der Waals surface area contributed by atoms with Crippen LogP contribution in [0.3, 0.4) is 0 Å². The summed E-state index contributed by atoms with van der Waals surface area (Å²) in [5.74, 6) is 1.72. The predicted molar refractivity (Wildman–Crippen MR) is 125 cm³/mol. The highest BCUT2D eigenvalue weighted by Gasteiger charge is 2.04. The molecule has 0 spiro atoms. The van der Waals surface area contributed by atoms with Crippen molar-refractivity contribution in [3.05, 3.63) is 65.9 Å². The summed E-state index contributed by atoms with van der Waals surface area (Å²) < 4.78 is 5.79. The number of rotatable bonds is 10. The molecule has 3 N–H and O–H groups in total. The third kappa shape index (κ3) is 6.52. The maximum atomic E-state index is 5.79. The van der Waals surface area contributed by atoms with Crippen molar-refractivity contribution >= 4 is 16.9 Å². The Morgan fingerprint density at radius 1 is 1.07 bits per heavy atom. The van der Waals surface area contributed by atoms with Crippen LogP contribution in [0.4, 0.5) is 0 Å². The van der Waals surface area contributed by atoms with Gasteiger partial charge >= 0.3 is 0 Å². The van der Waals surface area contributed by atoms with Crippen molar-refractivity contribution in [1.82, 2.24) is 20.5 Å². The van der Waals surface area contributed by atoms with E-state index in [4.69, 9.17) is 4.74 Å². The van der Waals surface area contributed by atoms with Gasteiger partial charge in [0.15, 0.2) is 5.96 Å². The standard InChI is InChI=1S/C24H33N5O/c1-25-24(26-14-13-20-18-27-23-8-5-4-7-22(20)23)28-17-19-9-11-21(12-10-19)30-16-6-15-29(2)3/h4-5,7-12,18,27H,6,13-17H2,1-3H3,(H2,25,26,28). The molecule has 0 fully saturated rings. The molecule has 0 bridgehead atoms. The molecule has 6 nitrogen and oxygen atoms in total. The van der Waals surface area contributed by atoms with Gasteiger partial charge in [0.25, 0.3) is 0 Å². The minimum absolute atomic E-state index is 0.716. The third-order valence-electron chi connectivity index (χ3n) is 4.99. The number of hydrogen-bond donors (Lipinski definition) is 3. The van der Waals surface area contributed by atoms with Crippen LogP contribution in [0.2, 0.25) is 0 Å². The zero-order valence-corrected chi connectivity index (χ0v) is 18.2. The van der Waals surface area contributed by atoms with Gasteiger partial charge in [-0.05, 0) is 56.3 Å². The molecule has 0 aliphatic rings. The average Bonchev–Trinajstić information content (AvgIpc) is 3.17. The van der Waals surface area contributed by atoms with Crippen molar-refractivity contribution in [2.75, 3.05) is 40.8 Å². The number of H-pyrrole nitrogens is 1. The molecule has 3 rings (SSSR count). The summed E-state index contributed by atoms with van der Waals surface area (Å²) in [4.78, 5) is 9.82. The molecule has 3 aromatic rings. The Balaban J connectivity index is 1.39. The van der Waals surface area contributed by atoms with Crippen LogP contribution in [0.15, 0.2) is 59.7 Å². The van der Waals surface area contributed by atoms with Crippen LogP contribution < -0.4 is 15.4 Å². The van der Waals surface area contributed by atoms with Gasteiger partial charge in [0.05, 0.1) is 6.61 Å². The lowest BCUT2D eigenvalue weighted by molar-refractivity contribution is 0.281. The second kappa shape index (κ2) is 11.3. The molecule has 0 amide bonds. The number of benzene rings is 2. The quantitative estimate of drug-likeness (QED) is 0.274. The molecule has 1 aromatic heterocycles. The molecule has 2 aromatic carbocycles. The van der Waals surface area contributed by atoms with Crippen LogP contribution in [-0.2, 0) is 13.0 Å². The fraction of sp³-hybridized carbons (Fsp3) is 0.375. The smallest absolute Gasteiger partial charge is 0.191 e. The number of para-hydroxylation sites is 1. The van der Waals surface area contributed by atoms with Gasteiger partial charge in [0.1, 0.15) is 5.75 Å². The van der Waals surface area contributed by atoms with E-state index in [9.17, 15) is 0 Å². The number of aromatic amines is 1. The maximum absolute atomic E-state index is 5.79. The summed E-state index contributed by atoms with van der Waals surface area (Å²) in [6.07, 6.45) is 4.05. The van der Waals surface area contributed by atoms with E-state index >= 15 is 0 Å². The molecule has 0 radical (unpaired) electrons. The van der Waals surface area contributed by atoms with Crippen molar-refractivity contribution in [2.45, 2.75) is 19.4 Å². The molecule has 6 heteroatoms. The minimum atomic E-state index is 0.716. The SMILES string of the molecule is CN=C(NCCc1c[nH]c2ccccc12)NCc1ccc(OCCCN(C)C)cc1. The molecule has 0 saturated heterocycles. The number of guanidine groups is 1. The molecule has 0 saturated carbocycles. The molecule has 160 valence electrons. The number of ether oxygens (including phenoxy) is 1. The molecule has 0 unspecified atom stereocenters. The second-order valence-corrected chi connectivity index (χ2v) is 7.61. The van der Waals surface area contributed by atoms with E-state index in [1.54, 1.807) is 7.05 Å². The Morgan fingerprint density at radius 2 is 1.87 bits per heavy atom. The van der Waals surface area contributed by atoms with Crippen LogP contribution >= 0.6 is 0 Å². The van der Waals surface area contributed by atoms with Crippen molar-refractivity contribution in [2.24, 2.45) is 4.99 Å². The van der Waals surface area contributed by atoms with Crippen LogP contribution in [-0.4, -0.2) is 56.7 Å². The molecule has 0 aliphatic carbocycles. The first-order valence-corrected chi connectivity index (χ1v) is 10.5. The molecular weight excluding hydrogens is 374 g/mol. The van der Waals surface area contributed by atoms with Crippen LogP contribution in [0.25, 0.3) is 10.9 Å². The van der Waals surface area contributed by atoms with Gasteiger partial charge in [-0.2, -0.15) is 0 Å². The van der Waals surface area contributed by atoms with Gasteiger partial charge in [-0.3, -0.25) is 4.99 Å². The number of hydrogen-bond acceptors (Lipinski definition) is 3. The van der Waals surface area contributed by atoms with Gasteiger partial charge in [-0.1, -0.05) is 30.3 Å². The fourth-order valence-electron chi connectivity index (χ4n) is 3.33. The Labute approximate surface area is 179 Å². The van der Waals surface area contributed by atoms with E-state index in [0.717, 1.165) is 44.2 Å². The molecular formula is C24H33N5O. The largest absolute Gasteiger partial charge is 0.494 e. The predicted octanol–water partition coefficient (Wildman–Crippen LogP) is 3.41. The summed E-state index contributed by atoms with van der Waals surface area (Å²) >= 11 is 0. The van der Waals surface area contributed by atoms with Crippen molar-refractivity contribution in [3.8, 4) is 5.75 Å². The maximum Gasteiger partial charge on any atom is 0.191 e. The number of nitrogens with zero attached hydrogens (tertiary/aromatic N) is 2. The van der Waals surface area contributed by atoms with E-state index in [-0.39, 0.29) is 0 Å². The Morgan fingerprint density at radius 3 is 2.63 bits per heavy atom. The summed E-state index contributed by atoms with van der Waals surface area (Å²) in [6, 6.07) is 16.6. The zero-order valence-electron chi connectivity index (χ0n) is 18.2. The van der Waals surface area contributed by atoms with E-state index in [0.29, 0.717) is 6.54 Å². The average molecular weight is 408 g/mol. The van der Waals surface area contributed by atoms with E-state index in [1.807, 2.05) is 12.1 Å². The highest BCUT2D eigenvalue weighted by molar-refractivity contribution is 5.83. The van der Waals surface area contributed by atoms with Crippen molar-refractivity contribution in [1.29, 1.82) is 0 Å². The Bertz CT molecular complexity index is 930. The summed E-state index contributed by atoms with van der Waals surface area (Å²) in [7, 11) is 5.95. The monoisotopic (exact) mass is 407 g/mol. The van der Waals surface area contributed by atoms with Gasteiger partial charge in [0.2, 0.25) is 0 Å². The second-order valence-electron chi connectivity index (χ2n) is 7.61. The first kappa shape index (κ1) is 21.7. The van der Waals surface area contributed by atoms with Gasteiger partial charge < -0.3 is 25.3 Å². The van der Waals surface area contributed by atoms with Crippen molar-refractivity contribution in [3.63, 3.8) is 0 Å². The lowest BCUT2D eigenvalue weighted by Gasteiger charge is -2.13. The normalized spacial score (nSPS) is 11.8. The van der Waals surface area contributed by atoms with E-state index in [2.05, 4.69) is 82.2 Å². The highest BCUT2D eigenvalue weighted by atomic mass is 16.5. The number of nitrogens with one attached hydrogen (secondary N) is 3. The lowest BCUT2D eigenvalue weighted by Crippen LogP contribution is -2.37. The third-order valence-corrected chi connectivity index (χ3v) is 4.99. The van der Waals surface area contributed by atoms with Gasteiger partial charge in [-0.15, -0.1) is 0 Å². The fourth-order valence-corrected chi connectivity index (χ4v) is 3.33. The van der Waals surface area contributed by atoms with Crippen LogP contribution in [0.1, 0.15) is 17.5 Å². The van der Waals surface area contributed by atoms with Gasteiger partial charge in [-0.25, -0.2) is 0 Å². The first-order valence-electron chi connectivity index (χ1n) is 10.5.